The van der Waals surface area contributed by atoms with Crippen molar-refractivity contribution in [1.29, 1.82) is 0 Å². The SMILES string of the molecule is CCCCCCCCCCCCCCCc1noc2c1/C(=N\O)CCC2. The van der Waals surface area contributed by atoms with Crippen LogP contribution in [0.25, 0.3) is 0 Å². The van der Waals surface area contributed by atoms with Crippen molar-refractivity contribution >= 4 is 5.71 Å². The summed E-state index contributed by atoms with van der Waals surface area (Å²) in [5.74, 6) is 0.911. The molecule has 0 aliphatic heterocycles. The fourth-order valence-electron chi connectivity index (χ4n) is 3.98. The molecule has 0 bridgehead atoms. The van der Waals surface area contributed by atoms with Gasteiger partial charge in [0.2, 0.25) is 0 Å². The normalized spacial score (nSPS) is 15.5. The van der Waals surface area contributed by atoms with Crippen LogP contribution in [0.2, 0.25) is 0 Å². The van der Waals surface area contributed by atoms with Crippen LogP contribution in [0.4, 0.5) is 0 Å². The predicted octanol–water partition coefficient (Wildman–Crippen LogP) is 6.82. The summed E-state index contributed by atoms with van der Waals surface area (Å²) in [6.07, 6.45) is 21.4. The Kier molecular flexibility index (Phi) is 10.4. The second-order valence-electron chi connectivity index (χ2n) is 7.82. The zero-order chi connectivity index (χ0) is 18.5. The van der Waals surface area contributed by atoms with E-state index in [1.54, 1.807) is 0 Å². The summed E-state index contributed by atoms with van der Waals surface area (Å²) in [6.45, 7) is 2.28. The van der Waals surface area contributed by atoms with Crippen LogP contribution in [-0.4, -0.2) is 16.1 Å². The fraction of sp³-hybridized carbons (Fsp3) is 0.818. The Morgan fingerprint density at radius 3 is 2.00 bits per heavy atom. The highest BCUT2D eigenvalue weighted by Crippen LogP contribution is 2.26. The van der Waals surface area contributed by atoms with Crippen LogP contribution in [0.1, 0.15) is 120 Å². The molecule has 1 aromatic rings. The van der Waals surface area contributed by atoms with Crippen LogP contribution in [-0.2, 0) is 12.8 Å². The highest BCUT2D eigenvalue weighted by atomic mass is 16.5. The second-order valence-corrected chi connectivity index (χ2v) is 7.82. The quantitative estimate of drug-likeness (QED) is 0.224. The molecule has 0 unspecified atom stereocenters. The van der Waals surface area contributed by atoms with E-state index in [0.29, 0.717) is 0 Å². The Balaban J connectivity index is 1.47. The van der Waals surface area contributed by atoms with Crippen molar-refractivity contribution in [3.8, 4) is 0 Å². The van der Waals surface area contributed by atoms with Gasteiger partial charge in [0.25, 0.3) is 0 Å². The van der Waals surface area contributed by atoms with Crippen molar-refractivity contribution in [3.05, 3.63) is 17.0 Å². The summed E-state index contributed by atoms with van der Waals surface area (Å²) in [5, 5.41) is 16.9. The zero-order valence-corrected chi connectivity index (χ0v) is 16.8. The molecule has 1 N–H and O–H groups in total. The highest BCUT2D eigenvalue weighted by Gasteiger charge is 2.24. The van der Waals surface area contributed by atoms with E-state index in [1.165, 1.54) is 77.0 Å². The molecule has 2 rings (SSSR count). The lowest BCUT2D eigenvalue weighted by molar-refractivity contribution is 0.316. The first-order valence-electron chi connectivity index (χ1n) is 11.1. The monoisotopic (exact) mass is 362 g/mol. The number of fused-ring (bicyclic) bond motifs is 1. The summed E-state index contributed by atoms with van der Waals surface area (Å²) >= 11 is 0. The predicted molar refractivity (Wildman–Crippen MR) is 107 cm³/mol. The van der Waals surface area contributed by atoms with E-state index in [0.717, 1.165) is 54.8 Å². The Morgan fingerprint density at radius 1 is 0.846 bits per heavy atom. The van der Waals surface area contributed by atoms with E-state index < -0.39 is 0 Å². The van der Waals surface area contributed by atoms with E-state index in [-0.39, 0.29) is 0 Å². The van der Waals surface area contributed by atoms with Gasteiger partial charge in [0.1, 0.15) is 5.76 Å². The van der Waals surface area contributed by atoms with Gasteiger partial charge in [0, 0.05) is 6.42 Å². The molecular weight excluding hydrogens is 324 g/mol. The Bertz CT molecular complexity index is 522. The molecule has 0 atom stereocenters. The molecule has 0 spiro atoms. The Morgan fingerprint density at radius 2 is 1.42 bits per heavy atom. The van der Waals surface area contributed by atoms with Gasteiger partial charge in [-0.3, -0.25) is 0 Å². The van der Waals surface area contributed by atoms with Crippen LogP contribution >= 0.6 is 0 Å². The second kappa shape index (κ2) is 12.9. The van der Waals surface area contributed by atoms with Gasteiger partial charge in [-0.05, 0) is 25.7 Å². The smallest absolute Gasteiger partial charge is 0.146 e. The minimum absolute atomic E-state index is 0.761. The van der Waals surface area contributed by atoms with Crippen molar-refractivity contribution < 1.29 is 9.73 Å². The number of unbranched alkanes of at least 4 members (excludes halogenated alkanes) is 12. The fourth-order valence-corrected chi connectivity index (χ4v) is 3.98. The summed E-state index contributed by atoms with van der Waals surface area (Å²) < 4.78 is 5.44. The molecule has 1 aromatic heterocycles. The van der Waals surface area contributed by atoms with Gasteiger partial charge in [-0.1, -0.05) is 94.3 Å². The molecule has 1 heterocycles. The molecule has 4 nitrogen and oxygen atoms in total. The third-order valence-electron chi connectivity index (χ3n) is 5.58. The van der Waals surface area contributed by atoms with Crippen LogP contribution in [0.5, 0.6) is 0 Å². The van der Waals surface area contributed by atoms with Crippen LogP contribution < -0.4 is 0 Å². The van der Waals surface area contributed by atoms with Crippen LogP contribution in [0.3, 0.4) is 0 Å². The van der Waals surface area contributed by atoms with Gasteiger partial charge in [-0.25, -0.2) is 0 Å². The number of rotatable bonds is 14. The van der Waals surface area contributed by atoms with Gasteiger partial charge in [-0.15, -0.1) is 0 Å². The van der Waals surface area contributed by atoms with E-state index in [2.05, 4.69) is 17.2 Å². The lowest BCUT2D eigenvalue weighted by atomic mass is 9.93. The van der Waals surface area contributed by atoms with E-state index in [9.17, 15) is 5.21 Å². The highest BCUT2D eigenvalue weighted by molar-refractivity contribution is 6.02. The van der Waals surface area contributed by atoms with Crippen molar-refractivity contribution in [2.75, 3.05) is 0 Å². The lowest BCUT2D eigenvalue weighted by Gasteiger charge is -2.11. The lowest BCUT2D eigenvalue weighted by Crippen LogP contribution is -2.12. The molecule has 0 amide bonds. The zero-order valence-electron chi connectivity index (χ0n) is 16.8. The molecule has 0 saturated carbocycles. The van der Waals surface area contributed by atoms with Crippen molar-refractivity contribution in [2.45, 2.75) is 116 Å². The maximum absolute atomic E-state index is 9.18. The maximum atomic E-state index is 9.18. The minimum atomic E-state index is 0.761. The molecule has 4 heteroatoms. The summed E-state index contributed by atoms with van der Waals surface area (Å²) in [5.41, 5.74) is 2.76. The number of hydrogen-bond acceptors (Lipinski definition) is 4. The summed E-state index contributed by atoms with van der Waals surface area (Å²) in [6, 6.07) is 0. The standard InChI is InChI=1S/C22H38N2O2/c1-2-3-4-5-6-7-8-9-10-11-12-13-14-16-20-22-19(23-25)17-15-18-21(22)26-24-20/h25H,2-18H2,1H3/b23-19-. The molecule has 0 fully saturated rings. The maximum Gasteiger partial charge on any atom is 0.146 e. The third kappa shape index (κ3) is 7.13. The molecule has 0 saturated heterocycles. The average Bonchev–Trinajstić information content (AvgIpc) is 3.09. The van der Waals surface area contributed by atoms with Crippen LogP contribution in [0.15, 0.2) is 9.68 Å². The molecule has 1 aliphatic rings. The number of aryl methyl sites for hydroxylation is 2. The number of nitrogens with zero attached hydrogens (tertiary/aromatic N) is 2. The Hall–Kier alpha value is -1.32. The summed E-state index contributed by atoms with van der Waals surface area (Å²) in [7, 11) is 0. The van der Waals surface area contributed by atoms with Gasteiger partial charge in [-0.2, -0.15) is 0 Å². The number of oxime groups is 1. The first kappa shape index (κ1) is 21.0. The van der Waals surface area contributed by atoms with Gasteiger partial charge >= 0.3 is 0 Å². The van der Waals surface area contributed by atoms with Crippen molar-refractivity contribution in [1.82, 2.24) is 5.16 Å². The largest absolute Gasteiger partial charge is 0.411 e. The van der Waals surface area contributed by atoms with Crippen molar-refractivity contribution in [2.24, 2.45) is 5.16 Å². The molecule has 0 aromatic carbocycles. The molecule has 0 radical (unpaired) electrons. The first-order chi connectivity index (χ1) is 12.9. The van der Waals surface area contributed by atoms with Gasteiger partial charge in [0.15, 0.2) is 0 Å². The third-order valence-corrected chi connectivity index (χ3v) is 5.58. The Labute approximate surface area is 159 Å². The topological polar surface area (TPSA) is 58.6 Å². The van der Waals surface area contributed by atoms with Crippen LogP contribution in [0, 0.1) is 0 Å². The molecule has 26 heavy (non-hydrogen) atoms. The van der Waals surface area contributed by atoms with E-state index >= 15 is 0 Å². The van der Waals surface area contributed by atoms with Gasteiger partial charge < -0.3 is 9.73 Å². The first-order valence-corrected chi connectivity index (χ1v) is 11.1. The van der Waals surface area contributed by atoms with Crippen molar-refractivity contribution in [3.63, 3.8) is 0 Å². The van der Waals surface area contributed by atoms with Gasteiger partial charge in [0.05, 0.1) is 17.0 Å². The summed E-state index contributed by atoms with van der Waals surface area (Å²) in [4.78, 5) is 0. The molecular formula is C22H38N2O2. The number of aromatic nitrogens is 1. The van der Waals surface area contributed by atoms with E-state index in [4.69, 9.17) is 4.52 Å². The molecule has 148 valence electrons. The molecule has 1 aliphatic carbocycles. The average molecular weight is 363 g/mol. The number of hydrogen-bond donors (Lipinski definition) is 1. The van der Waals surface area contributed by atoms with E-state index in [1.807, 2.05) is 0 Å². The minimum Gasteiger partial charge on any atom is -0.411 e.